The molecule has 0 aromatic rings. The first-order valence-electron chi connectivity index (χ1n) is 6.91. The molecule has 0 aromatic heterocycles. The molecule has 3 unspecified atom stereocenters. The third kappa shape index (κ3) is 2.45. The van der Waals surface area contributed by atoms with Gasteiger partial charge >= 0.3 is 0 Å². The van der Waals surface area contributed by atoms with Crippen LogP contribution in [0.15, 0.2) is 0 Å². The van der Waals surface area contributed by atoms with Crippen molar-refractivity contribution in [2.45, 2.75) is 66.3 Å². The smallest absolute Gasteiger partial charge is 0.0226 e. The predicted octanol–water partition coefficient (Wildman–Crippen LogP) is 4.08. The fourth-order valence-corrected chi connectivity index (χ4v) is 3.34. The molecule has 1 N–H and O–H groups in total. The topological polar surface area (TPSA) is 12.0 Å². The van der Waals surface area contributed by atoms with Crippen molar-refractivity contribution in [3.63, 3.8) is 0 Å². The van der Waals surface area contributed by atoms with E-state index in [2.05, 4.69) is 53.9 Å². The fraction of sp³-hybridized carbons (Fsp3) is 1.00. The average molecular weight is 225 g/mol. The SMILES string of the molecule is CNC(C)(C1CCC(C(C)C)C1)C(C)(C)C. The summed E-state index contributed by atoms with van der Waals surface area (Å²) >= 11 is 0. The van der Waals surface area contributed by atoms with Gasteiger partial charge in [0.15, 0.2) is 0 Å². The van der Waals surface area contributed by atoms with E-state index < -0.39 is 0 Å². The lowest BCUT2D eigenvalue weighted by atomic mass is 9.66. The van der Waals surface area contributed by atoms with Gasteiger partial charge in [0.1, 0.15) is 0 Å². The summed E-state index contributed by atoms with van der Waals surface area (Å²) in [6.45, 7) is 14.3. The van der Waals surface area contributed by atoms with Gasteiger partial charge in [0, 0.05) is 5.54 Å². The van der Waals surface area contributed by atoms with Crippen LogP contribution in [0.5, 0.6) is 0 Å². The molecule has 0 aromatic carbocycles. The van der Waals surface area contributed by atoms with Gasteiger partial charge in [-0.05, 0) is 56.4 Å². The highest BCUT2D eigenvalue weighted by molar-refractivity contribution is 5.01. The second kappa shape index (κ2) is 4.68. The summed E-state index contributed by atoms with van der Waals surface area (Å²) in [6.07, 6.45) is 4.24. The molecular weight excluding hydrogens is 194 g/mol. The molecule has 1 aliphatic rings. The van der Waals surface area contributed by atoms with Crippen molar-refractivity contribution in [3.8, 4) is 0 Å². The number of nitrogens with one attached hydrogen (secondary N) is 1. The second-order valence-electron chi connectivity index (χ2n) is 7.22. The Labute approximate surface area is 102 Å². The van der Waals surface area contributed by atoms with Crippen molar-refractivity contribution in [1.29, 1.82) is 0 Å². The minimum absolute atomic E-state index is 0.274. The first kappa shape index (κ1) is 14.0. The summed E-state index contributed by atoms with van der Waals surface area (Å²) in [6, 6.07) is 0. The van der Waals surface area contributed by atoms with Crippen LogP contribution in [0.25, 0.3) is 0 Å². The largest absolute Gasteiger partial charge is 0.314 e. The molecule has 0 radical (unpaired) electrons. The van der Waals surface area contributed by atoms with E-state index in [1.165, 1.54) is 19.3 Å². The minimum Gasteiger partial charge on any atom is -0.314 e. The van der Waals surface area contributed by atoms with E-state index >= 15 is 0 Å². The van der Waals surface area contributed by atoms with Crippen LogP contribution in [0.4, 0.5) is 0 Å². The van der Waals surface area contributed by atoms with Gasteiger partial charge in [0.05, 0.1) is 0 Å². The molecule has 0 aliphatic heterocycles. The first-order chi connectivity index (χ1) is 7.22. The quantitative estimate of drug-likeness (QED) is 0.763. The zero-order chi connectivity index (χ0) is 12.6. The number of rotatable bonds is 3. The Morgan fingerprint density at radius 2 is 1.62 bits per heavy atom. The monoisotopic (exact) mass is 225 g/mol. The number of hydrogen-bond donors (Lipinski definition) is 1. The molecule has 1 aliphatic carbocycles. The molecule has 0 heterocycles. The molecular formula is C15H31N. The molecule has 1 rings (SSSR count). The molecule has 1 fully saturated rings. The molecule has 0 saturated heterocycles. The maximum atomic E-state index is 3.62. The van der Waals surface area contributed by atoms with Gasteiger partial charge < -0.3 is 5.32 Å². The Morgan fingerprint density at radius 1 is 1.06 bits per heavy atom. The van der Waals surface area contributed by atoms with Crippen molar-refractivity contribution < 1.29 is 0 Å². The summed E-state index contributed by atoms with van der Waals surface area (Å²) in [4.78, 5) is 0. The van der Waals surface area contributed by atoms with Gasteiger partial charge in [-0.2, -0.15) is 0 Å². The summed E-state index contributed by atoms with van der Waals surface area (Å²) in [5.74, 6) is 2.64. The molecule has 1 heteroatoms. The molecule has 1 nitrogen and oxygen atoms in total. The average Bonchev–Trinajstić information content (AvgIpc) is 2.63. The zero-order valence-corrected chi connectivity index (χ0v) is 12.4. The first-order valence-corrected chi connectivity index (χ1v) is 6.91. The highest BCUT2D eigenvalue weighted by Gasteiger charge is 2.45. The lowest BCUT2D eigenvalue weighted by molar-refractivity contribution is 0.0922. The van der Waals surface area contributed by atoms with E-state index in [9.17, 15) is 0 Å². The third-order valence-electron chi connectivity index (χ3n) is 5.31. The van der Waals surface area contributed by atoms with Crippen molar-refractivity contribution in [3.05, 3.63) is 0 Å². The summed E-state index contributed by atoms with van der Waals surface area (Å²) < 4.78 is 0. The Morgan fingerprint density at radius 3 is 1.94 bits per heavy atom. The van der Waals surface area contributed by atoms with Gasteiger partial charge in [-0.15, -0.1) is 0 Å². The fourth-order valence-electron chi connectivity index (χ4n) is 3.34. The molecule has 0 amide bonds. The van der Waals surface area contributed by atoms with Crippen molar-refractivity contribution in [1.82, 2.24) is 5.32 Å². The van der Waals surface area contributed by atoms with Gasteiger partial charge in [0.25, 0.3) is 0 Å². The summed E-state index contributed by atoms with van der Waals surface area (Å²) in [5.41, 5.74) is 0.606. The molecule has 1 saturated carbocycles. The molecule has 96 valence electrons. The van der Waals surface area contributed by atoms with Gasteiger partial charge in [0.2, 0.25) is 0 Å². The lowest BCUT2D eigenvalue weighted by Gasteiger charge is -2.47. The molecule has 0 bridgehead atoms. The Balaban J connectivity index is 2.77. The maximum Gasteiger partial charge on any atom is 0.0226 e. The van der Waals surface area contributed by atoms with Crippen molar-refractivity contribution in [2.24, 2.45) is 23.2 Å². The van der Waals surface area contributed by atoms with Crippen LogP contribution in [0.2, 0.25) is 0 Å². The third-order valence-corrected chi connectivity index (χ3v) is 5.31. The normalized spacial score (nSPS) is 30.8. The second-order valence-corrected chi connectivity index (χ2v) is 7.22. The molecule has 16 heavy (non-hydrogen) atoms. The van der Waals surface area contributed by atoms with E-state index in [0.717, 1.165) is 17.8 Å². The highest BCUT2D eigenvalue weighted by atomic mass is 15.0. The highest BCUT2D eigenvalue weighted by Crippen LogP contribution is 2.47. The standard InChI is InChI=1S/C15H31N/c1-11(2)12-8-9-13(10-12)15(6,16-7)14(3,4)5/h11-13,16H,8-10H2,1-7H3. The van der Waals surface area contributed by atoms with Crippen LogP contribution in [-0.2, 0) is 0 Å². The Bertz CT molecular complexity index is 226. The number of hydrogen-bond acceptors (Lipinski definition) is 1. The maximum absolute atomic E-state index is 3.62. The van der Waals surface area contributed by atoms with Crippen LogP contribution < -0.4 is 5.32 Å². The minimum atomic E-state index is 0.274. The van der Waals surface area contributed by atoms with Crippen molar-refractivity contribution >= 4 is 0 Å². The molecule has 0 spiro atoms. The van der Waals surface area contributed by atoms with E-state index in [0.29, 0.717) is 5.41 Å². The van der Waals surface area contributed by atoms with Crippen LogP contribution in [0.1, 0.15) is 60.8 Å². The Kier molecular flexibility index (Phi) is 4.10. The van der Waals surface area contributed by atoms with Crippen LogP contribution in [0, 0.1) is 23.2 Å². The summed E-state index contributed by atoms with van der Waals surface area (Å²) in [7, 11) is 2.13. The van der Waals surface area contributed by atoms with Crippen molar-refractivity contribution in [2.75, 3.05) is 7.05 Å². The van der Waals surface area contributed by atoms with E-state index in [-0.39, 0.29) is 5.54 Å². The lowest BCUT2D eigenvalue weighted by Crippen LogP contribution is -2.55. The van der Waals surface area contributed by atoms with Gasteiger partial charge in [-0.1, -0.05) is 34.6 Å². The van der Waals surface area contributed by atoms with Gasteiger partial charge in [-0.25, -0.2) is 0 Å². The van der Waals surface area contributed by atoms with E-state index in [1.807, 2.05) is 0 Å². The summed E-state index contributed by atoms with van der Waals surface area (Å²) in [5, 5.41) is 3.62. The van der Waals surface area contributed by atoms with Crippen LogP contribution >= 0.6 is 0 Å². The van der Waals surface area contributed by atoms with E-state index in [4.69, 9.17) is 0 Å². The van der Waals surface area contributed by atoms with Crippen LogP contribution in [0.3, 0.4) is 0 Å². The molecule has 3 atom stereocenters. The predicted molar refractivity (Wildman–Crippen MR) is 72.6 cm³/mol. The van der Waals surface area contributed by atoms with Crippen LogP contribution in [-0.4, -0.2) is 12.6 Å². The zero-order valence-electron chi connectivity index (χ0n) is 12.4. The van der Waals surface area contributed by atoms with Gasteiger partial charge in [-0.3, -0.25) is 0 Å². The van der Waals surface area contributed by atoms with E-state index in [1.54, 1.807) is 0 Å². The Hall–Kier alpha value is -0.0400.